The molecule has 0 heterocycles. The molecular formula is C18H31NO4. The van der Waals surface area contributed by atoms with Crippen LogP contribution in [0.2, 0.25) is 0 Å². The smallest absolute Gasteiger partial charge is 0.407 e. The fraction of sp³-hybridized carbons (Fsp3) is 0.778. The van der Waals surface area contributed by atoms with Gasteiger partial charge in [-0.3, -0.25) is 4.79 Å². The molecule has 0 aliphatic heterocycles. The van der Waals surface area contributed by atoms with Crippen molar-refractivity contribution in [1.29, 1.82) is 0 Å². The van der Waals surface area contributed by atoms with Crippen LogP contribution in [0.25, 0.3) is 0 Å². The van der Waals surface area contributed by atoms with Crippen LogP contribution in [0.1, 0.15) is 60.8 Å². The Bertz CT molecular complexity index is 435. The third kappa shape index (κ3) is 6.34. The van der Waals surface area contributed by atoms with Crippen LogP contribution in [-0.4, -0.2) is 36.2 Å². The van der Waals surface area contributed by atoms with Crippen molar-refractivity contribution >= 4 is 12.4 Å². The van der Waals surface area contributed by atoms with Crippen molar-refractivity contribution in [1.82, 2.24) is 5.32 Å². The zero-order valence-electron chi connectivity index (χ0n) is 15.2. The van der Waals surface area contributed by atoms with Gasteiger partial charge in [-0.05, 0) is 51.7 Å². The van der Waals surface area contributed by atoms with Crippen molar-refractivity contribution < 1.29 is 19.1 Å². The number of ether oxygens (including phenoxy) is 2. The Kier molecular flexibility index (Phi) is 7.26. The van der Waals surface area contributed by atoms with Crippen molar-refractivity contribution in [3.05, 3.63) is 11.6 Å². The lowest BCUT2D eigenvalue weighted by Crippen LogP contribution is -2.48. The van der Waals surface area contributed by atoms with Gasteiger partial charge in [-0.15, -0.1) is 0 Å². The van der Waals surface area contributed by atoms with E-state index in [1.807, 2.05) is 33.8 Å². The first-order valence-corrected chi connectivity index (χ1v) is 8.51. The van der Waals surface area contributed by atoms with Gasteiger partial charge in [-0.2, -0.15) is 0 Å². The summed E-state index contributed by atoms with van der Waals surface area (Å²) in [7, 11) is 0. The van der Waals surface area contributed by atoms with E-state index in [9.17, 15) is 9.59 Å². The second-order valence-corrected chi connectivity index (χ2v) is 7.21. The number of carbonyl (C=O) groups is 2. The molecule has 5 heteroatoms. The summed E-state index contributed by atoms with van der Waals surface area (Å²) in [4.78, 5) is 23.3. The van der Waals surface area contributed by atoms with E-state index in [-0.39, 0.29) is 24.2 Å². The summed E-state index contributed by atoms with van der Waals surface area (Å²) in [6.07, 6.45) is 4.63. The number of hydrogen-bond donors (Lipinski definition) is 1. The van der Waals surface area contributed by atoms with Gasteiger partial charge in [-0.25, -0.2) is 4.79 Å². The largest absolute Gasteiger partial charge is 0.444 e. The van der Waals surface area contributed by atoms with Crippen LogP contribution in [-0.2, 0) is 14.3 Å². The summed E-state index contributed by atoms with van der Waals surface area (Å²) in [6.45, 7) is 11.7. The maximum absolute atomic E-state index is 12.0. The van der Waals surface area contributed by atoms with Gasteiger partial charge in [-0.1, -0.05) is 20.8 Å². The van der Waals surface area contributed by atoms with E-state index >= 15 is 0 Å². The maximum atomic E-state index is 12.0. The molecule has 1 aliphatic carbocycles. The quantitative estimate of drug-likeness (QED) is 0.758. The van der Waals surface area contributed by atoms with E-state index < -0.39 is 11.7 Å². The molecule has 1 rings (SSSR count). The second kappa shape index (κ2) is 8.48. The lowest BCUT2D eigenvalue weighted by molar-refractivity contribution is -0.105. The number of nitrogens with one attached hydrogen (secondary N) is 1. The summed E-state index contributed by atoms with van der Waals surface area (Å²) in [5.74, 6) is 0.0758. The Morgan fingerprint density at radius 2 is 2.00 bits per heavy atom. The van der Waals surface area contributed by atoms with Crippen molar-refractivity contribution in [2.45, 2.75) is 84.7 Å². The fourth-order valence-electron chi connectivity index (χ4n) is 2.69. The number of alkyl carbamates (subject to hydrolysis) is 1. The average molecular weight is 325 g/mol. The summed E-state index contributed by atoms with van der Waals surface area (Å²) >= 11 is 0. The van der Waals surface area contributed by atoms with Crippen LogP contribution in [0.3, 0.4) is 0 Å². The van der Waals surface area contributed by atoms with Crippen molar-refractivity contribution in [2.24, 2.45) is 5.92 Å². The van der Waals surface area contributed by atoms with Crippen LogP contribution in [0, 0.1) is 5.92 Å². The molecular weight excluding hydrogens is 294 g/mol. The highest BCUT2D eigenvalue weighted by Gasteiger charge is 2.33. The Morgan fingerprint density at radius 1 is 1.39 bits per heavy atom. The zero-order chi connectivity index (χ0) is 17.6. The van der Waals surface area contributed by atoms with Gasteiger partial charge in [0.25, 0.3) is 0 Å². The number of hydrogen-bond acceptors (Lipinski definition) is 4. The van der Waals surface area contributed by atoms with E-state index in [1.54, 1.807) is 0 Å². The molecule has 0 radical (unpaired) electrons. The maximum Gasteiger partial charge on any atom is 0.407 e. The molecule has 0 aromatic heterocycles. The highest BCUT2D eigenvalue weighted by molar-refractivity contribution is 5.74. The van der Waals surface area contributed by atoms with Crippen LogP contribution in [0.15, 0.2) is 11.6 Å². The highest BCUT2D eigenvalue weighted by Crippen LogP contribution is 2.27. The molecule has 5 nitrogen and oxygen atoms in total. The molecule has 3 atom stereocenters. The predicted octanol–water partition coefficient (Wildman–Crippen LogP) is 3.62. The minimum atomic E-state index is -0.545. The van der Waals surface area contributed by atoms with Crippen molar-refractivity contribution in [2.75, 3.05) is 0 Å². The summed E-state index contributed by atoms with van der Waals surface area (Å²) in [5, 5.41) is 2.89. The Balaban J connectivity index is 2.80. The third-order valence-corrected chi connectivity index (χ3v) is 4.10. The van der Waals surface area contributed by atoms with Crippen molar-refractivity contribution in [3.8, 4) is 0 Å². The number of rotatable bonds is 6. The minimum Gasteiger partial charge on any atom is -0.444 e. The van der Waals surface area contributed by atoms with Gasteiger partial charge in [0.15, 0.2) is 0 Å². The lowest BCUT2D eigenvalue weighted by Gasteiger charge is -2.36. The van der Waals surface area contributed by atoms with Crippen LogP contribution < -0.4 is 5.32 Å². The zero-order valence-corrected chi connectivity index (χ0v) is 15.2. The molecule has 0 bridgehead atoms. The standard InChI is InChI=1S/C18H31NO4/c1-7-14(8-2)22-16-10-13(11-20)9-15(12(16)3)19-17(21)23-18(4,5)6/h10-12,14-16H,7-9H2,1-6H3,(H,19,21)/t12-,15+,16-/m1/s1. The highest BCUT2D eigenvalue weighted by atomic mass is 16.6. The first kappa shape index (κ1) is 19.7. The molecule has 0 aromatic rings. The lowest BCUT2D eigenvalue weighted by atomic mass is 9.84. The summed E-state index contributed by atoms with van der Waals surface area (Å²) < 4.78 is 11.4. The van der Waals surface area contributed by atoms with Crippen LogP contribution >= 0.6 is 0 Å². The van der Waals surface area contributed by atoms with Gasteiger partial charge in [0, 0.05) is 12.0 Å². The van der Waals surface area contributed by atoms with Gasteiger partial charge in [0.05, 0.1) is 12.2 Å². The monoisotopic (exact) mass is 325 g/mol. The van der Waals surface area contributed by atoms with Crippen LogP contribution in [0.4, 0.5) is 4.79 Å². The Hall–Kier alpha value is -1.36. The molecule has 0 fully saturated rings. The molecule has 1 amide bonds. The van der Waals surface area contributed by atoms with E-state index in [2.05, 4.69) is 19.2 Å². The Morgan fingerprint density at radius 3 is 2.48 bits per heavy atom. The first-order valence-electron chi connectivity index (χ1n) is 8.51. The van der Waals surface area contributed by atoms with E-state index in [0.29, 0.717) is 12.0 Å². The molecule has 0 spiro atoms. The molecule has 0 unspecified atom stereocenters. The minimum absolute atomic E-state index is 0.0758. The molecule has 23 heavy (non-hydrogen) atoms. The predicted molar refractivity (Wildman–Crippen MR) is 90.3 cm³/mol. The molecule has 1 N–H and O–H groups in total. The normalized spacial score (nSPS) is 25.0. The third-order valence-electron chi connectivity index (χ3n) is 4.10. The van der Waals surface area contributed by atoms with Crippen LogP contribution in [0.5, 0.6) is 0 Å². The summed E-state index contributed by atoms with van der Waals surface area (Å²) in [6, 6.07) is -0.172. The van der Waals surface area contributed by atoms with Gasteiger partial charge >= 0.3 is 6.09 Å². The molecule has 1 aliphatic rings. The van der Waals surface area contributed by atoms with Crippen molar-refractivity contribution in [3.63, 3.8) is 0 Å². The summed E-state index contributed by atoms with van der Waals surface area (Å²) in [5.41, 5.74) is 0.122. The van der Waals surface area contributed by atoms with Gasteiger partial charge in [0.2, 0.25) is 0 Å². The first-order chi connectivity index (χ1) is 10.7. The van der Waals surface area contributed by atoms with Gasteiger partial charge < -0.3 is 14.8 Å². The fourth-order valence-corrected chi connectivity index (χ4v) is 2.69. The topological polar surface area (TPSA) is 64.6 Å². The van der Waals surface area contributed by atoms with E-state index in [0.717, 1.165) is 19.1 Å². The molecule has 0 aromatic carbocycles. The SMILES string of the molecule is CCC(CC)O[C@@H]1C=C(C=O)C[C@H](NC(=O)OC(C)(C)C)[C@H]1C. The number of aldehydes is 1. The van der Waals surface area contributed by atoms with E-state index in [4.69, 9.17) is 9.47 Å². The average Bonchev–Trinajstić information content (AvgIpc) is 2.46. The Labute approximate surface area is 139 Å². The molecule has 0 saturated heterocycles. The number of amides is 1. The number of carbonyl (C=O) groups excluding carboxylic acids is 2. The van der Waals surface area contributed by atoms with Gasteiger partial charge in [0.1, 0.15) is 11.9 Å². The van der Waals surface area contributed by atoms with E-state index in [1.165, 1.54) is 0 Å². The molecule has 132 valence electrons. The second-order valence-electron chi connectivity index (χ2n) is 7.21. The molecule has 0 saturated carbocycles.